The van der Waals surface area contributed by atoms with E-state index >= 15 is 0 Å². The Labute approximate surface area is 304 Å². The van der Waals surface area contributed by atoms with Crippen molar-refractivity contribution < 1.29 is 24.2 Å². The Kier molecular flexibility index (Phi) is 36.4. The van der Waals surface area contributed by atoms with Crippen LogP contribution in [0.15, 0.2) is 0 Å². The number of unbranched alkanes of at least 4 members (excludes halogenated alkanes) is 27. The molecule has 0 bridgehead atoms. The average Bonchev–Trinajstić information content (AvgIpc) is 3.08. The summed E-state index contributed by atoms with van der Waals surface area (Å²) in [6.07, 6.45) is 39.7. The molecule has 1 unspecified atom stereocenters. The fraction of sp³-hybridized carbons (Fsp3) is 0.930. The number of hydrogen-bond donors (Lipinski definition) is 2. The molecule has 0 aromatic carbocycles. The molecule has 0 spiro atoms. The van der Waals surface area contributed by atoms with E-state index < -0.39 is 12.0 Å². The first-order valence-electron chi connectivity index (χ1n) is 21.7. The van der Waals surface area contributed by atoms with Crippen molar-refractivity contribution in [3.8, 4) is 0 Å². The lowest BCUT2D eigenvalue weighted by Gasteiger charge is -2.19. The van der Waals surface area contributed by atoms with Gasteiger partial charge < -0.3 is 15.2 Å². The first-order valence-corrected chi connectivity index (χ1v) is 21.7. The molecule has 1 amide bonds. The van der Waals surface area contributed by atoms with E-state index in [2.05, 4.69) is 26.1 Å². The van der Waals surface area contributed by atoms with Gasteiger partial charge in [-0.15, -0.1) is 0 Å². The number of esters is 1. The topological polar surface area (TPSA) is 92.7 Å². The van der Waals surface area contributed by atoms with Crippen molar-refractivity contribution in [3.63, 3.8) is 0 Å². The predicted octanol–water partition coefficient (Wildman–Crippen LogP) is 13.2. The summed E-state index contributed by atoms with van der Waals surface area (Å²) in [5.41, 5.74) is 0. The largest absolute Gasteiger partial charge is 0.480 e. The normalized spacial score (nSPS) is 12.6. The van der Waals surface area contributed by atoms with Crippen LogP contribution in [0.5, 0.6) is 0 Å². The van der Waals surface area contributed by atoms with Crippen LogP contribution in [0.25, 0.3) is 0 Å². The molecule has 2 atom stereocenters. The maximum atomic E-state index is 12.8. The maximum Gasteiger partial charge on any atom is 0.326 e. The zero-order valence-electron chi connectivity index (χ0n) is 33.0. The number of carbonyl (C=O) groups excluding carboxylic acids is 2. The highest BCUT2D eigenvalue weighted by Crippen LogP contribution is 2.19. The molecule has 0 aliphatic carbocycles. The van der Waals surface area contributed by atoms with Crippen LogP contribution in [0.3, 0.4) is 0 Å². The van der Waals surface area contributed by atoms with Crippen molar-refractivity contribution >= 4 is 17.8 Å². The molecule has 0 aromatic rings. The lowest BCUT2D eigenvalue weighted by Crippen LogP contribution is -2.41. The second kappa shape index (κ2) is 37.7. The zero-order chi connectivity index (χ0) is 36.0. The summed E-state index contributed by atoms with van der Waals surface area (Å²) in [6, 6.07) is -1.05. The summed E-state index contributed by atoms with van der Waals surface area (Å²) >= 11 is 0. The highest BCUT2D eigenvalue weighted by Gasteiger charge is 2.22. The molecule has 0 saturated carbocycles. The molecule has 2 N–H and O–H groups in total. The molecule has 0 fully saturated rings. The van der Waals surface area contributed by atoms with Crippen molar-refractivity contribution in [3.05, 3.63) is 0 Å². The highest BCUT2D eigenvalue weighted by molar-refractivity contribution is 5.84. The van der Waals surface area contributed by atoms with Gasteiger partial charge in [0.1, 0.15) is 12.1 Å². The molecule has 49 heavy (non-hydrogen) atoms. The highest BCUT2D eigenvalue weighted by atomic mass is 16.5. The minimum Gasteiger partial charge on any atom is -0.480 e. The van der Waals surface area contributed by atoms with Gasteiger partial charge in [0.05, 0.1) is 0 Å². The lowest BCUT2D eigenvalue weighted by atomic mass is 10.0. The molecule has 6 nitrogen and oxygen atoms in total. The molecular weight excluding hydrogens is 610 g/mol. The van der Waals surface area contributed by atoms with Gasteiger partial charge in [0.2, 0.25) is 5.91 Å². The number of carboxylic acids is 1. The summed E-state index contributed by atoms with van der Waals surface area (Å²) < 4.78 is 5.90. The van der Waals surface area contributed by atoms with E-state index in [1.165, 1.54) is 154 Å². The number of nitrogens with one attached hydrogen (secondary N) is 1. The second-order valence-electron chi connectivity index (χ2n) is 15.0. The standard InChI is InChI=1S/C43H83NO5/c1-4-7-10-13-16-18-19-20-21-22-23-25-27-30-33-36-41(45)44-40(43(47)48)37-38-42(46)49-39(34-31-28-15-12-9-6-3)35-32-29-26-24-17-14-11-8-5-2/h39-40H,4-38H2,1-3H3,(H,44,45)(H,47,48)/t39?,40-/m0/s1. The quantitative estimate of drug-likeness (QED) is 0.0494. The maximum absolute atomic E-state index is 12.8. The van der Waals surface area contributed by atoms with Gasteiger partial charge in [0.15, 0.2) is 0 Å². The third kappa shape index (κ3) is 34.6. The molecular formula is C43H83NO5. The van der Waals surface area contributed by atoms with Crippen molar-refractivity contribution in [1.82, 2.24) is 5.32 Å². The Hall–Kier alpha value is -1.59. The third-order valence-electron chi connectivity index (χ3n) is 10.1. The van der Waals surface area contributed by atoms with Crippen molar-refractivity contribution in [2.24, 2.45) is 0 Å². The smallest absolute Gasteiger partial charge is 0.326 e. The van der Waals surface area contributed by atoms with E-state index in [1.807, 2.05) is 0 Å². The van der Waals surface area contributed by atoms with E-state index in [-0.39, 0.29) is 30.8 Å². The van der Waals surface area contributed by atoms with Crippen LogP contribution in [0.4, 0.5) is 0 Å². The number of carboxylic acid groups (broad SMARTS) is 1. The Balaban J connectivity index is 4.24. The van der Waals surface area contributed by atoms with Crippen molar-refractivity contribution in [2.45, 2.75) is 258 Å². The fourth-order valence-corrected chi connectivity index (χ4v) is 6.78. The SMILES string of the molecule is CCCCCCCCCCCCCCCCCC(=O)N[C@@H](CCC(=O)OC(CCCCCCCC)CCCCCCCCCCC)C(=O)O. The molecule has 0 aliphatic rings. The Morgan fingerprint density at radius 1 is 0.449 bits per heavy atom. The monoisotopic (exact) mass is 694 g/mol. The second-order valence-corrected chi connectivity index (χ2v) is 15.0. The van der Waals surface area contributed by atoms with Crippen LogP contribution < -0.4 is 5.32 Å². The number of rotatable bonds is 39. The minimum atomic E-state index is -1.09. The molecule has 0 rings (SSSR count). The van der Waals surface area contributed by atoms with E-state index in [0.29, 0.717) is 6.42 Å². The molecule has 290 valence electrons. The van der Waals surface area contributed by atoms with Crippen molar-refractivity contribution in [1.29, 1.82) is 0 Å². The Morgan fingerprint density at radius 3 is 1.12 bits per heavy atom. The first kappa shape index (κ1) is 47.4. The van der Waals surface area contributed by atoms with Crippen molar-refractivity contribution in [2.75, 3.05) is 0 Å². The lowest BCUT2D eigenvalue weighted by molar-refractivity contribution is -0.150. The number of hydrogen-bond acceptors (Lipinski definition) is 4. The van der Waals surface area contributed by atoms with E-state index in [4.69, 9.17) is 4.74 Å². The number of aliphatic carboxylic acids is 1. The summed E-state index contributed by atoms with van der Waals surface area (Å²) in [5.74, 6) is -1.66. The summed E-state index contributed by atoms with van der Waals surface area (Å²) in [7, 11) is 0. The van der Waals surface area contributed by atoms with E-state index in [0.717, 1.165) is 51.4 Å². The van der Waals surface area contributed by atoms with Crippen LogP contribution in [0.1, 0.15) is 245 Å². The fourth-order valence-electron chi connectivity index (χ4n) is 6.78. The van der Waals surface area contributed by atoms with Gasteiger partial charge in [0.25, 0.3) is 0 Å². The van der Waals surface area contributed by atoms with Crippen LogP contribution in [0.2, 0.25) is 0 Å². The summed E-state index contributed by atoms with van der Waals surface area (Å²) in [4.78, 5) is 37.2. The van der Waals surface area contributed by atoms with Gasteiger partial charge in [0, 0.05) is 12.8 Å². The van der Waals surface area contributed by atoms with Crippen LogP contribution in [-0.4, -0.2) is 35.1 Å². The van der Waals surface area contributed by atoms with E-state index in [9.17, 15) is 19.5 Å². The molecule has 0 saturated heterocycles. The number of ether oxygens (including phenoxy) is 1. The first-order chi connectivity index (χ1) is 23.9. The molecule has 6 heteroatoms. The molecule has 0 radical (unpaired) electrons. The van der Waals surface area contributed by atoms with Gasteiger partial charge in [-0.05, 0) is 38.5 Å². The molecule has 0 aliphatic heterocycles. The van der Waals surface area contributed by atoms with E-state index in [1.54, 1.807) is 0 Å². The summed E-state index contributed by atoms with van der Waals surface area (Å²) in [5, 5.41) is 12.4. The molecule has 0 aromatic heterocycles. The van der Waals surface area contributed by atoms with Gasteiger partial charge in [-0.1, -0.05) is 194 Å². The van der Waals surface area contributed by atoms with Crippen LogP contribution in [-0.2, 0) is 19.1 Å². The van der Waals surface area contributed by atoms with Gasteiger partial charge in [-0.25, -0.2) is 4.79 Å². The van der Waals surface area contributed by atoms with Crippen LogP contribution in [0, 0.1) is 0 Å². The Bertz CT molecular complexity index is 742. The predicted molar refractivity (Wildman–Crippen MR) is 208 cm³/mol. The number of carbonyl (C=O) groups is 3. The van der Waals surface area contributed by atoms with Gasteiger partial charge in [-0.3, -0.25) is 9.59 Å². The minimum absolute atomic E-state index is 0.0148. The Morgan fingerprint density at radius 2 is 0.776 bits per heavy atom. The zero-order valence-corrected chi connectivity index (χ0v) is 33.0. The molecule has 0 heterocycles. The van der Waals surface area contributed by atoms with Gasteiger partial charge >= 0.3 is 11.9 Å². The average molecular weight is 694 g/mol. The van der Waals surface area contributed by atoms with Gasteiger partial charge in [-0.2, -0.15) is 0 Å². The summed E-state index contributed by atoms with van der Waals surface area (Å²) in [6.45, 7) is 6.74. The third-order valence-corrected chi connectivity index (χ3v) is 10.1. The van der Waals surface area contributed by atoms with Crippen LogP contribution >= 0.6 is 0 Å². The number of amides is 1.